The summed E-state index contributed by atoms with van der Waals surface area (Å²) in [6.45, 7) is 0.0964. The molecule has 1 N–H and O–H groups in total. The highest BCUT2D eigenvalue weighted by Gasteiger charge is 2.31. The number of sulfonamides is 1. The van der Waals surface area contributed by atoms with Crippen molar-refractivity contribution in [3.05, 3.63) is 29.8 Å². The number of nitrogens with zero attached hydrogens (tertiary/aromatic N) is 2. The van der Waals surface area contributed by atoms with Crippen LogP contribution in [-0.2, 0) is 14.8 Å². The van der Waals surface area contributed by atoms with Crippen molar-refractivity contribution in [1.82, 2.24) is 10.2 Å². The summed E-state index contributed by atoms with van der Waals surface area (Å²) < 4.78 is 28.0. The summed E-state index contributed by atoms with van der Waals surface area (Å²) in [5, 5.41) is 3.07. The number of rotatable bonds is 3. The topological polar surface area (TPSA) is 78.8 Å². The van der Waals surface area contributed by atoms with E-state index in [1.54, 1.807) is 36.2 Å². The Morgan fingerprint density at radius 3 is 2.58 bits per heavy atom. The molecule has 1 heterocycles. The molecule has 7 heteroatoms. The molecule has 0 unspecified atom stereocenters. The quantitative estimate of drug-likeness (QED) is 0.846. The van der Waals surface area contributed by atoms with Crippen molar-refractivity contribution >= 4 is 21.8 Å². The largest absolute Gasteiger partial charge is 0.352 e. The van der Waals surface area contributed by atoms with Gasteiger partial charge in [-0.05, 0) is 25.0 Å². The summed E-state index contributed by atoms with van der Waals surface area (Å²) in [6.07, 6.45) is 6.81. The maximum atomic E-state index is 12.3. The predicted molar refractivity (Wildman–Crippen MR) is 92.4 cm³/mol. The molecule has 1 fully saturated rings. The maximum absolute atomic E-state index is 12.3. The van der Waals surface area contributed by atoms with Crippen LogP contribution in [-0.4, -0.2) is 44.7 Å². The van der Waals surface area contributed by atoms with Crippen LogP contribution in [0.1, 0.15) is 44.1 Å². The zero-order valence-corrected chi connectivity index (χ0v) is 14.7. The Morgan fingerprint density at radius 2 is 1.88 bits per heavy atom. The fourth-order valence-corrected chi connectivity index (χ4v) is 4.60. The van der Waals surface area contributed by atoms with E-state index in [0.717, 1.165) is 25.7 Å². The van der Waals surface area contributed by atoms with E-state index in [-0.39, 0.29) is 23.4 Å². The van der Waals surface area contributed by atoms with Crippen LogP contribution in [0.4, 0.5) is 0 Å². The van der Waals surface area contributed by atoms with Gasteiger partial charge in [0.1, 0.15) is 4.90 Å². The van der Waals surface area contributed by atoms with Gasteiger partial charge in [0.25, 0.3) is 10.0 Å². The van der Waals surface area contributed by atoms with Gasteiger partial charge in [0, 0.05) is 18.7 Å². The summed E-state index contributed by atoms with van der Waals surface area (Å²) in [7, 11) is -1.96. The molecule has 1 aromatic rings. The number of amides is 1. The standard InChI is InChI=1S/C17H23N3O3S/c1-20(12-16(21)18-13-8-4-2-3-5-9-13)17-14-10-6-7-11-15(14)24(22,23)19-17/h6-7,10-11,13H,2-5,8-9,12H2,1H3,(H,18,21). The van der Waals surface area contributed by atoms with Gasteiger partial charge < -0.3 is 10.2 Å². The van der Waals surface area contributed by atoms with Crippen molar-refractivity contribution in [3.63, 3.8) is 0 Å². The van der Waals surface area contributed by atoms with Crippen LogP contribution < -0.4 is 5.32 Å². The van der Waals surface area contributed by atoms with Gasteiger partial charge in [0.15, 0.2) is 5.84 Å². The van der Waals surface area contributed by atoms with E-state index < -0.39 is 10.0 Å². The molecule has 1 aliphatic heterocycles. The summed E-state index contributed by atoms with van der Waals surface area (Å²) >= 11 is 0. The molecular weight excluding hydrogens is 326 g/mol. The summed E-state index contributed by atoms with van der Waals surface area (Å²) in [5.74, 6) is 0.246. The van der Waals surface area contributed by atoms with Gasteiger partial charge >= 0.3 is 0 Å². The SMILES string of the molecule is CN(CC(=O)NC1CCCCCC1)C1=NS(=O)(=O)c2ccccc21. The Labute approximate surface area is 143 Å². The number of carbonyl (C=O) groups excluding carboxylic acids is 1. The second kappa shape index (κ2) is 6.93. The molecule has 1 amide bonds. The van der Waals surface area contributed by atoms with Crippen molar-refractivity contribution < 1.29 is 13.2 Å². The van der Waals surface area contributed by atoms with Gasteiger partial charge in [0.05, 0.1) is 6.54 Å². The maximum Gasteiger partial charge on any atom is 0.285 e. The van der Waals surface area contributed by atoms with Crippen molar-refractivity contribution in [2.24, 2.45) is 4.40 Å². The van der Waals surface area contributed by atoms with E-state index in [0.29, 0.717) is 11.4 Å². The summed E-state index contributed by atoms with van der Waals surface area (Å²) in [6, 6.07) is 6.94. The Kier molecular flexibility index (Phi) is 4.89. The third-order valence-electron chi connectivity index (χ3n) is 4.58. The van der Waals surface area contributed by atoms with Crippen LogP contribution in [0, 0.1) is 0 Å². The predicted octanol–water partition coefficient (Wildman–Crippen LogP) is 1.91. The zero-order valence-electron chi connectivity index (χ0n) is 13.9. The number of likely N-dealkylation sites (N-methyl/N-ethyl adjacent to an activating group) is 1. The fourth-order valence-electron chi connectivity index (χ4n) is 3.35. The second-order valence-electron chi connectivity index (χ2n) is 6.50. The average Bonchev–Trinajstić information content (AvgIpc) is 2.69. The van der Waals surface area contributed by atoms with Crippen LogP contribution in [0.3, 0.4) is 0 Å². The minimum absolute atomic E-state index is 0.0890. The molecule has 1 saturated carbocycles. The summed E-state index contributed by atoms with van der Waals surface area (Å²) in [5.41, 5.74) is 0.558. The Bertz CT molecular complexity index is 750. The first-order chi connectivity index (χ1) is 11.5. The molecule has 0 atom stereocenters. The zero-order chi connectivity index (χ0) is 17.2. The lowest BCUT2D eigenvalue weighted by molar-refractivity contribution is -0.122. The van der Waals surface area contributed by atoms with Crippen molar-refractivity contribution in [2.45, 2.75) is 49.5 Å². The number of carbonyl (C=O) groups is 1. The number of amidine groups is 1. The first-order valence-electron chi connectivity index (χ1n) is 8.42. The lowest BCUT2D eigenvalue weighted by Gasteiger charge is -2.21. The highest BCUT2D eigenvalue weighted by molar-refractivity contribution is 7.90. The van der Waals surface area contributed by atoms with Crippen LogP contribution in [0.5, 0.6) is 0 Å². The normalized spacial score (nSPS) is 20.0. The van der Waals surface area contributed by atoms with E-state index in [2.05, 4.69) is 9.71 Å². The highest BCUT2D eigenvalue weighted by Crippen LogP contribution is 2.26. The van der Waals surface area contributed by atoms with Gasteiger partial charge in [-0.3, -0.25) is 4.79 Å². The molecule has 0 aromatic heterocycles. The average molecular weight is 349 g/mol. The smallest absolute Gasteiger partial charge is 0.285 e. The second-order valence-corrected chi connectivity index (χ2v) is 8.07. The minimum Gasteiger partial charge on any atom is -0.352 e. The number of fused-ring (bicyclic) bond motifs is 1. The van der Waals surface area contributed by atoms with Gasteiger partial charge in [-0.1, -0.05) is 37.8 Å². The number of hydrogen-bond donors (Lipinski definition) is 1. The number of hydrogen-bond acceptors (Lipinski definition) is 4. The van der Waals surface area contributed by atoms with Gasteiger partial charge in [-0.15, -0.1) is 4.40 Å². The van der Waals surface area contributed by atoms with E-state index >= 15 is 0 Å². The molecule has 0 radical (unpaired) electrons. The van der Waals surface area contributed by atoms with Crippen LogP contribution in [0.15, 0.2) is 33.6 Å². The molecule has 1 aromatic carbocycles. The monoisotopic (exact) mass is 349 g/mol. The van der Waals surface area contributed by atoms with Crippen LogP contribution >= 0.6 is 0 Å². The lowest BCUT2D eigenvalue weighted by atomic mass is 10.1. The van der Waals surface area contributed by atoms with Crippen molar-refractivity contribution in [3.8, 4) is 0 Å². The molecule has 0 bridgehead atoms. The van der Waals surface area contributed by atoms with E-state index in [4.69, 9.17) is 0 Å². The van der Waals surface area contributed by atoms with Gasteiger partial charge in [0.2, 0.25) is 5.91 Å². The molecule has 0 saturated heterocycles. The molecule has 1 aliphatic carbocycles. The molecule has 0 spiro atoms. The third kappa shape index (κ3) is 3.61. The van der Waals surface area contributed by atoms with Crippen molar-refractivity contribution in [1.29, 1.82) is 0 Å². The van der Waals surface area contributed by atoms with Gasteiger partial charge in [-0.2, -0.15) is 8.42 Å². The first kappa shape index (κ1) is 17.0. The Hall–Kier alpha value is -1.89. The molecule has 3 rings (SSSR count). The Morgan fingerprint density at radius 1 is 1.21 bits per heavy atom. The lowest BCUT2D eigenvalue weighted by Crippen LogP contribution is -2.42. The van der Waals surface area contributed by atoms with Gasteiger partial charge in [-0.25, -0.2) is 0 Å². The van der Waals surface area contributed by atoms with E-state index in [9.17, 15) is 13.2 Å². The number of nitrogens with one attached hydrogen (secondary N) is 1. The van der Waals surface area contributed by atoms with E-state index in [1.165, 1.54) is 12.8 Å². The third-order valence-corrected chi connectivity index (χ3v) is 5.90. The summed E-state index contributed by atoms with van der Waals surface area (Å²) in [4.78, 5) is 14.1. The van der Waals surface area contributed by atoms with Crippen LogP contribution in [0.2, 0.25) is 0 Å². The van der Waals surface area contributed by atoms with E-state index in [1.807, 2.05) is 0 Å². The molecule has 6 nitrogen and oxygen atoms in total. The molecule has 24 heavy (non-hydrogen) atoms. The van der Waals surface area contributed by atoms with Crippen LogP contribution in [0.25, 0.3) is 0 Å². The molecular formula is C17H23N3O3S. The first-order valence-corrected chi connectivity index (χ1v) is 9.86. The van der Waals surface area contributed by atoms with Crippen molar-refractivity contribution in [2.75, 3.05) is 13.6 Å². The molecule has 130 valence electrons. The molecule has 2 aliphatic rings. The highest BCUT2D eigenvalue weighted by atomic mass is 32.2. The fraction of sp³-hybridized carbons (Fsp3) is 0.529. The minimum atomic E-state index is -3.65. The number of benzene rings is 1. The Balaban J connectivity index is 1.67.